The van der Waals surface area contributed by atoms with Gasteiger partial charge in [0.15, 0.2) is 0 Å². The molecule has 2 aromatic carbocycles. The van der Waals surface area contributed by atoms with Crippen molar-refractivity contribution >= 4 is 10.9 Å². The molecular weight excluding hydrogens is 458 g/mol. The molecule has 0 radical (unpaired) electrons. The summed E-state index contributed by atoms with van der Waals surface area (Å²) in [7, 11) is 0. The molecule has 2 unspecified atom stereocenters. The zero-order chi connectivity index (χ0) is 25.4. The second kappa shape index (κ2) is 9.34. The summed E-state index contributed by atoms with van der Waals surface area (Å²) >= 11 is 0. The van der Waals surface area contributed by atoms with Crippen molar-refractivity contribution in [1.29, 1.82) is 0 Å². The summed E-state index contributed by atoms with van der Waals surface area (Å²) in [5.41, 5.74) is -0.649. The smallest absolute Gasteiger partial charge is 0.375 e. The quantitative estimate of drug-likeness (QED) is 0.434. The van der Waals surface area contributed by atoms with E-state index in [9.17, 15) is 22.7 Å². The molecule has 1 N–H and O–H groups in total. The molecular formula is C27H27F4N3O. The van der Waals surface area contributed by atoms with Crippen LogP contribution < -0.4 is 0 Å². The number of benzene rings is 2. The SMILES string of the molecule is C/C1=C(\C)N(CC(O)(c2ccc3c(cnn3-c3ccc(F)cc3)c2)C(F)(F)F)C(C)/C=C\C=C/C1. The maximum atomic E-state index is 14.5. The van der Waals surface area contributed by atoms with Crippen LogP contribution in [0.5, 0.6) is 0 Å². The number of aromatic nitrogens is 2. The van der Waals surface area contributed by atoms with Gasteiger partial charge in [-0.15, -0.1) is 0 Å². The summed E-state index contributed by atoms with van der Waals surface area (Å²) in [5, 5.41) is 15.9. The average Bonchev–Trinajstić information content (AvgIpc) is 3.25. The van der Waals surface area contributed by atoms with Gasteiger partial charge in [0.05, 0.1) is 23.9 Å². The van der Waals surface area contributed by atoms with Crippen molar-refractivity contribution in [1.82, 2.24) is 14.7 Å². The first-order valence-corrected chi connectivity index (χ1v) is 11.3. The highest BCUT2D eigenvalue weighted by Crippen LogP contribution is 2.42. The molecule has 0 amide bonds. The molecule has 0 bridgehead atoms. The van der Waals surface area contributed by atoms with Crippen LogP contribution in [0.15, 0.2) is 84.2 Å². The van der Waals surface area contributed by atoms with Gasteiger partial charge < -0.3 is 10.0 Å². The van der Waals surface area contributed by atoms with Gasteiger partial charge >= 0.3 is 6.18 Å². The van der Waals surface area contributed by atoms with Crippen molar-refractivity contribution in [2.75, 3.05) is 6.54 Å². The summed E-state index contributed by atoms with van der Waals surface area (Å²) in [5.74, 6) is -0.401. The summed E-state index contributed by atoms with van der Waals surface area (Å²) in [6.45, 7) is 4.81. The van der Waals surface area contributed by atoms with Crippen LogP contribution in [0, 0.1) is 5.82 Å². The van der Waals surface area contributed by atoms with Crippen molar-refractivity contribution in [2.45, 2.75) is 45.0 Å². The van der Waals surface area contributed by atoms with E-state index < -0.39 is 24.1 Å². The number of halogens is 4. The molecule has 184 valence electrons. The number of hydrogen-bond acceptors (Lipinski definition) is 3. The Bertz CT molecular complexity index is 1300. The van der Waals surface area contributed by atoms with Gasteiger partial charge in [0.25, 0.3) is 0 Å². The minimum atomic E-state index is -4.93. The van der Waals surface area contributed by atoms with E-state index >= 15 is 0 Å². The third-order valence-corrected chi connectivity index (χ3v) is 6.59. The lowest BCUT2D eigenvalue weighted by Crippen LogP contribution is -2.52. The molecule has 1 aliphatic rings. The van der Waals surface area contributed by atoms with Gasteiger partial charge in [-0.05, 0) is 69.2 Å². The lowest BCUT2D eigenvalue weighted by molar-refractivity contribution is -0.271. The minimum Gasteiger partial charge on any atom is -0.375 e. The summed E-state index contributed by atoms with van der Waals surface area (Å²) in [6.07, 6.45) is 4.57. The molecule has 8 heteroatoms. The number of alkyl halides is 3. The molecule has 2 heterocycles. The molecule has 3 aromatic rings. The van der Waals surface area contributed by atoms with Crippen molar-refractivity contribution in [2.24, 2.45) is 0 Å². The standard InChI is InChI=1S/C27H27F4N3O/c1-18-7-5-4-6-8-19(2)33(20(18)3)17-26(35,27(29,30)31)22-9-14-25-21(15-22)16-32-34(25)24-12-10-23(28)11-13-24/h4-6,8-16,19,35H,7,17H2,1-3H3/b5-4-,8-6-,20-18-. The van der Waals surface area contributed by atoms with Gasteiger partial charge in [0, 0.05) is 17.1 Å². The molecule has 0 saturated heterocycles. The zero-order valence-corrected chi connectivity index (χ0v) is 19.7. The highest BCUT2D eigenvalue weighted by molar-refractivity contribution is 5.81. The second-order valence-electron chi connectivity index (χ2n) is 8.92. The first-order chi connectivity index (χ1) is 16.5. The zero-order valence-electron chi connectivity index (χ0n) is 19.7. The molecule has 0 fully saturated rings. The number of allylic oxidation sites excluding steroid dienone is 5. The summed E-state index contributed by atoms with van der Waals surface area (Å²) in [4.78, 5) is 1.60. The maximum absolute atomic E-state index is 14.5. The number of aliphatic hydroxyl groups is 1. The molecule has 35 heavy (non-hydrogen) atoms. The third kappa shape index (κ3) is 4.75. The van der Waals surface area contributed by atoms with Gasteiger partial charge in [-0.2, -0.15) is 18.3 Å². The topological polar surface area (TPSA) is 41.3 Å². The fourth-order valence-corrected chi connectivity index (χ4v) is 4.28. The molecule has 0 spiro atoms. The molecule has 0 saturated carbocycles. The van der Waals surface area contributed by atoms with E-state index in [1.165, 1.54) is 53.3 Å². The van der Waals surface area contributed by atoms with Crippen LogP contribution in [0.2, 0.25) is 0 Å². The van der Waals surface area contributed by atoms with Gasteiger partial charge in [0.1, 0.15) is 5.82 Å². The Labute approximate surface area is 201 Å². The van der Waals surface area contributed by atoms with Crippen LogP contribution in [-0.2, 0) is 5.60 Å². The Balaban J connectivity index is 1.77. The largest absolute Gasteiger partial charge is 0.423 e. The van der Waals surface area contributed by atoms with Crippen LogP contribution >= 0.6 is 0 Å². The number of fused-ring (bicyclic) bond motifs is 1. The maximum Gasteiger partial charge on any atom is 0.423 e. The van der Waals surface area contributed by atoms with E-state index in [4.69, 9.17) is 0 Å². The van der Waals surface area contributed by atoms with Crippen LogP contribution in [0.25, 0.3) is 16.6 Å². The number of nitrogens with zero attached hydrogens (tertiary/aromatic N) is 3. The van der Waals surface area contributed by atoms with Crippen LogP contribution in [0.3, 0.4) is 0 Å². The van der Waals surface area contributed by atoms with Crippen LogP contribution in [0.1, 0.15) is 32.8 Å². The fourth-order valence-electron chi connectivity index (χ4n) is 4.28. The number of β-amino-alcohol motifs (C(OH)–C–C–N with tert-alkyl or cyclic N) is 1. The number of hydrogen-bond donors (Lipinski definition) is 1. The Morgan fingerprint density at radius 3 is 2.46 bits per heavy atom. The van der Waals surface area contributed by atoms with E-state index in [0.717, 1.165) is 5.57 Å². The van der Waals surface area contributed by atoms with Crippen molar-refractivity contribution in [3.8, 4) is 5.69 Å². The lowest BCUT2D eigenvalue weighted by Gasteiger charge is -2.40. The Kier molecular flexibility index (Phi) is 6.60. The summed E-state index contributed by atoms with van der Waals surface area (Å²) < 4.78 is 58.3. The van der Waals surface area contributed by atoms with Gasteiger partial charge in [-0.1, -0.05) is 35.9 Å². The number of rotatable bonds is 4. The molecule has 1 aliphatic heterocycles. The molecule has 2 atom stereocenters. The Morgan fingerprint density at radius 2 is 1.77 bits per heavy atom. The molecule has 4 nitrogen and oxygen atoms in total. The molecule has 1 aromatic heterocycles. The van der Waals surface area contributed by atoms with Crippen molar-refractivity contribution < 1.29 is 22.7 Å². The van der Waals surface area contributed by atoms with E-state index in [2.05, 4.69) is 5.10 Å². The Hall–Kier alpha value is -3.39. The monoisotopic (exact) mass is 485 g/mol. The average molecular weight is 486 g/mol. The van der Waals surface area contributed by atoms with Gasteiger partial charge in [0.2, 0.25) is 5.60 Å². The predicted molar refractivity (Wildman–Crippen MR) is 128 cm³/mol. The highest BCUT2D eigenvalue weighted by atomic mass is 19.4. The third-order valence-electron chi connectivity index (χ3n) is 6.59. The van der Waals surface area contributed by atoms with E-state index in [-0.39, 0.29) is 11.6 Å². The predicted octanol–water partition coefficient (Wildman–Crippen LogP) is 6.42. The van der Waals surface area contributed by atoms with E-state index in [1.54, 1.807) is 18.7 Å². The van der Waals surface area contributed by atoms with Gasteiger partial charge in [-0.3, -0.25) is 0 Å². The highest BCUT2D eigenvalue weighted by Gasteiger charge is 2.56. The van der Waals surface area contributed by atoms with Gasteiger partial charge in [-0.25, -0.2) is 9.07 Å². The second-order valence-corrected chi connectivity index (χ2v) is 8.92. The first kappa shape index (κ1) is 24.7. The van der Waals surface area contributed by atoms with E-state index in [1.807, 2.05) is 31.2 Å². The fraction of sp³-hybridized carbons (Fsp3) is 0.296. The normalized spacial score (nSPS) is 22.9. The first-order valence-electron chi connectivity index (χ1n) is 11.3. The van der Waals surface area contributed by atoms with Crippen LogP contribution in [-0.4, -0.2) is 38.5 Å². The lowest BCUT2D eigenvalue weighted by atomic mass is 9.90. The van der Waals surface area contributed by atoms with Crippen LogP contribution in [0.4, 0.5) is 17.6 Å². The minimum absolute atomic E-state index is 0.268. The molecule has 0 aliphatic carbocycles. The van der Waals surface area contributed by atoms with Crippen molar-refractivity contribution in [3.05, 3.63) is 95.6 Å². The summed E-state index contributed by atoms with van der Waals surface area (Å²) in [6, 6.07) is 9.37. The molecule has 4 rings (SSSR count). The Morgan fingerprint density at radius 1 is 1.06 bits per heavy atom. The van der Waals surface area contributed by atoms with E-state index in [0.29, 0.717) is 28.7 Å². The van der Waals surface area contributed by atoms with Crippen molar-refractivity contribution in [3.63, 3.8) is 0 Å².